The lowest BCUT2D eigenvalue weighted by molar-refractivity contribution is -0.138. The Hall–Kier alpha value is -1.10. The van der Waals surface area contributed by atoms with Crippen molar-refractivity contribution in [3.05, 3.63) is 0 Å². The third-order valence-corrected chi connectivity index (χ3v) is 2.76. The molecule has 16 heavy (non-hydrogen) atoms. The molecule has 0 aromatic rings. The van der Waals surface area contributed by atoms with Gasteiger partial charge in [0.05, 0.1) is 0 Å². The number of carbonyl (C=O) groups excluding carboxylic acids is 1. The first-order valence-electron chi connectivity index (χ1n) is 5.80. The van der Waals surface area contributed by atoms with E-state index in [0.717, 1.165) is 25.9 Å². The molecule has 5 heteroatoms. The van der Waals surface area contributed by atoms with Gasteiger partial charge in [0.15, 0.2) is 0 Å². The maximum absolute atomic E-state index is 11.6. The molecule has 1 atom stereocenters. The van der Waals surface area contributed by atoms with Gasteiger partial charge in [-0.2, -0.15) is 0 Å². The minimum atomic E-state index is -0.845. The molecule has 1 fully saturated rings. The molecule has 5 nitrogen and oxygen atoms in total. The number of aliphatic carboxylic acids is 1. The van der Waals surface area contributed by atoms with Crippen molar-refractivity contribution >= 4 is 11.9 Å². The van der Waals surface area contributed by atoms with E-state index in [4.69, 9.17) is 5.11 Å². The van der Waals surface area contributed by atoms with Gasteiger partial charge >= 0.3 is 5.97 Å². The van der Waals surface area contributed by atoms with Gasteiger partial charge in [-0.25, -0.2) is 0 Å². The van der Waals surface area contributed by atoms with Crippen molar-refractivity contribution in [3.8, 4) is 0 Å². The first-order chi connectivity index (χ1) is 7.58. The zero-order chi connectivity index (χ0) is 12.0. The van der Waals surface area contributed by atoms with Gasteiger partial charge in [0.25, 0.3) is 0 Å². The van der Waals surface area contributed by atoms with Crippen LogP contribution in [0.15, 0.2) is 0 Å². The molecule has 0 spiro atoms. The van der Waals surface area contributed by atoms with Gasteiger partial charge in [-0.3, -0.25) is 9.59 Å². The molecule has 1 aliphatic rings. The van der Waals surface area contributed by atoms with Crippen LogP contribution in [0.5, 0.6) is 0 Å². The van der Waals surface area contributed by atoms with Crippen LogP contribution in [0.25, 0.3) is 0 Å². The van der Waals surface area contributed by atoms with Crippen LogP contribution in [-0.2, 0) is 9.59 Å². The van der Waals surface area contributed by atoms with Crippen LogP contribution in [0.3, 0.4) is 0 Å². The molecule has 0 radical (unpaired) electrons. The van der Waals surface area contributed by atoms with Gasteiger partial charge in [-0.15, -0.1) is 0 Å². The Kier molecular flexibility index (Phi) is 5.25. The maximum Gasteiger partial charge on any atom is 0.303 e. The van der Waals surface area contributed by atoms with Crippen molar-refractivity contribution in [3.63, 3.8) is 0 Å². The lowest BCUT2D eigenvalue weighted by Gasteiger charge is -2.24. The summed E-state index contributed by atoms with van der Waals surface area (Å²) in [6.07, 6.45) is 2.27. The highest BCUT2D eigenvalue weighted by molar-refractivity contribution is 5.77. The largest absolute Gasteiger partial charge is 0.481 e. The van der Waals surface area contributed by atoms with Gasteiger partial charge in [0.2, 0.25) is 5.91 Å². The Morgan fingerprint density at radius 3 is 2.56 bits per heavy atom. The Morgan fingerprint density at radius 1 is 1.38 bits per heavy atom. The number of hydrogen-bond acceptors (Lipinski definition) is 3. The number of carboxylic acid groups (broad SMARTS) is 1. The smallest absolute Gasteiger partial charge is 0.303 e. The normalized spacial score (nSPS) is 19.1. The summed E-state index contributed by atoms with van der Waals surface area (Å²) in [6, 6.07) is 0.255. The number of nitrogens with one attached hydrogen (secondary N) is 2. The number of rotatable bonds is 5. The van der Waals surface area contributed by atoms with Crippen LogP contribution in [0.1, 0.15) is 32.6 Å². The second kappa shape index (κ2) is 6.48. The van der Waals surface area contributed by atoms with Crippen molar-refractivity contribution in [2.45, 2.75) is 38.6 Å². The quantitative estimate of drug-likeness (QED) is 0.634. The number of carbonyl (C=O) groups is 2. The molecular formula is C11H20N2O3. The average molecular weight is 228 g/mol. The summed E-state index contributed by atoms with van der Waals surface area (Å²) in [5.41, 5.74) is 0. The molecule has 0 aromatic heterocycles. The molecule has 0 aliphatic carbocycles. The van der Waals surface area contributed by atoms with Crippen molar-refractivity contribution in [2.24, 2.45) is 5.92 Å². The van der Waals surface area contributed by atoms with E-state index in [1.165, 1.54) is 0 Å². The minimum absolute atomic E-state index is 0.0272. The van der Waals surface area contributed by atoms with E-state index in [1.54, 1.807) is 6.92 Å². The average Bonchev–Trinajstić information content (AvgIpc) is 2.17. The first-order valence-corrected chi connectivity index (χ1v) is 5.80. The van der Waals surface area contributed by atoms with E-state index < -0.39 is 5.97 Å². The Bertz CT molecular complexity index is 250. The van der Waals surface area contributed by atoms with Gasteiger partial charge in [0.1, 0.15) is 0 Å². The van der Waals surface area contributed by atoms with Crippen LogP contribution in [-0.4, -0.2) is 36.1 Å². The second-order valence-electron chi connectivity index (χ2n) is 4.50. The standard InChI is InChI=1S/C11H20N2O3/c1-8(7-11(15)16)6-10(14)13-9-2-4-12-5-3-9/h8-9,12H,2-7H2,1H3,(H,13,14)(H,15,16). The highest BCUT2D eigenvalue weighted by Gasteiger charge is 2.17. The summed E-state index contributed by atoms with van der Waals surface area (Å²) in [7, 11) is 0. The van der Waals surface area contributed by atoms with E-state index >= 15 is 0 Å². The van der Waals surface area contributed by atoms with E-state index in [2.05, 4.69) is 10.6 Å². The zero-order valence-corrected chi connectivity index (χ0v) is 9.66. The van der Waals surface area contributed by atoms with Crippen molar-refractivity contribution in [1.29, 1.82) is 0 Å². The lowest BCUT2D eigenvalue weighted by Crippen LogP contribution is -2.43. The second-order valence-corrected chi connectivity index (χ2v) is 4.50. The van der Waals surface area contributed by atoms with Crippen molar-refractivity contribution in [1.82, 2.24) is 10.6 Å². The fraction of sp³-hybridized carbons (Fsp3) is 0.818. The molecule has 0 bridgehead atoms. The summed E-state index contributed by atoms with van der Waals surface area (Å²) in [5, 5.41) is 14.8. The molecule has 92 valence electrons. The van der Waals surface area contributed by atoms with Crippen LogP contribution in [0.4, 0.5) is 0 Å². The summed E-state index contributed by atoms with van der Waals surface area (Å²) in [5.74, 6) is -0.970. The van der Waals surface area contributed by atoms with Crippen molar-refractivity contribution < 1.29 is 14.7 Å². The van der Waals surface area contributed by atoms with Crippen LogP contribution in [0.2, 0.25) is 0 Å². The number of amides is 1. The molecule has 1 amide bonds. The van der Waals surface area contributed by atoms with E-state index in [0.29, 0.717) is 6.42 Å². The van der Waals surface area contributed by atoms with E-state index in [-0.39, 0.29) is 24.3 Å². The molecular weight excluding hydrogens is 208 g/mol. The number of piperidine rings is 1. The van der Waals surface area contributed by atoms with Gasteiger partial charge in [-0.1, -0.05) is 6.92 Å². The van der Waals surface area contributed by atoms with E-state index in [1.807, 2.05) is 0 Å². The SMILES string of the molecule is CC(CC(=O)O)CC(=O)NC1CCNCC1. The maximum atomic E-state index is 11.6. The van der Waals surface area contributed by atoms with Crippen LogP contribution < -0.4 is 10.6 Å². The topological polar surface area (TPSA) is 78.4 Å². The van der Waals surface area contributed by atoms with Crippen LogP contribution >= 0.6 is 0 Å². The molecule has 1 rings (SSSR count). The molecule has 0 aromatic carbocycles. The van der Waals surface area contributed by atoms with Crippen LogP contribution in [0, 0.1) is 5.92 Å². The van der Waals surface area contributed by atoms with Gasteiger partial charge in [-0.05, 0) is 31.8 Å². The first kappa shape index (κ1) is 13.0. The monoisotopic (exact) mass is 228 g/mol. The molecule has 0 saturated carbocycles. The minimum Gasteiger partial charge on any atom is -0.481 e. The lowest BCUT2D eigenvalue weighted by atomic mass is 10.0. The molecule has 1 heterocycles. The molecule has 3 N–H and O–H groups in total. The summed E-state index contributed by atoms with van der Waals surface area (Å²) in [4.78, 5) is 22.0. The third kappa shape index (κ3) is 5.11. The number of carboxylic acids is 1. The number of hydrogen-bond donors (Lipinski definition) is 3. The predicted octanol–water partition coefficient (Wildman–Crippen LogP) is 0.355. The van der Waals surface area contributed by atoms with E-state index in [9.17, 15) is 9.59 Å². The highest BCUT2D eigenvalue weighted by atomic mass is 16.4. The Balaban J connectivity index is 2.21. The summed E-state index contributed by atoms with van der Waals surface area (Å²) < 4.78 is 0. The van der Waals surface area contributed by atoms with Gasteiger partial charge < -0.3 is 15.7 Å². The molecule has 1 unspecified atom stereocenters. The fourth-order valence-electron chi connectivity index (χ4n) is 1.94. The summed E-state index contributed by atoms with van der Waals surface area (Å²) in [6.45, 7) is 3.67. The Morgan fingerprint density at radius 2 is 2.00 bits per heavy atom. The molecule has 1 aliphatic heterocycles. The fourth-order valence-corrected chi connectivity index (χ4v) is 1.94. The molecule has 1 saturated heterocycles. The zero-order valence-electron chi connectivity index (χ0n) is 9.66. The van der Waals surface area contributed by atoms with Gasteiger partial charge in [0, 0.05) is 18.9 Å². The Labute approximate surface area is 95.6 Å². The summed E-state index contributed by atoms with van der Waals surface area (Å²) >= 11 is 0. The third-order valence-electron chi connectivity index (χ3n) is 2.76. The predicted molar refractivity (Wildman–Crippen MR) is 60.1 cm³/mol. The highest BCUT2D eigenvalue weighted by Crippen LogP contribution is 2.08. The van der Waals surface area contributed by atoms with Crippen molar-refractivity contribution in [2.75, 3.05) is 13.1 Å².